The molecule has 0 amide bonds. The molecule has 0 aliphatic rings. The van der Waals surface area contributed by atoms with Crippen molar-refractivity contribution in [3.8, 4) is 10.4 Å². The van der Waals surface area contributed by atoms with Crippen molar-refractivity contribution >= 4 is 33.8 Å². The molecule has 0 spiro atoms. The average Bonchev–Trinajstić information content (AvgIpc) is 3.39. The topological polar surface area (TPSA) is 114 Å². The van der Waals surface area contributed by atoms with Gasteiger partial charge >= 0.3 is 5.69 Å². The fourth-order valence-electron chi connectivity index (χ4n) is 2.92. The molecule has 0 saturated carbocycles. The number of benzene rings is 1. The summed E-state index contributed by atoms with van der Waals surface area (Å²) < 4.78 is 40.2. The van der Waals surface area contributed by atoms with Gasteiger partial charge in [-0.3, -0.25) is 4.57 Å². The normalized spacial score (nSPS) is 13.3. The van der Waals surface area contributed by atoms with E-state index in [2.05, 4.69) is 10.2 Å². The van der Waals surface area contributed by atoms with Gasteiger partial charge in [0.05, 0.1) is 17.3 Å². The van der Waals surface area contributed by atoms with Gasteiger partial charge in [0.2, 0.25) is 10.0 Å². The van der Waals surface area contributed by atoms with Crippen LogP contribution in [0, 0.1) is 0 Å². The van der Waals surface area contributed by atoms with Crippen molar-refractivity contribution < 1.29 is 12.8 Å². The quantitative estimate of drug-likeness (QED) is 0.507. The second kappa shape index (κ2) is 10.3. The molecule has 0 saturated heterocycles. The van der Waals surface area contributed by atoms with Crippen LogP contribution in [0.1, 0.15) is 17.3 Å². The number of hydrogen-bond acceptors (Lipinski definition) is 6. The molecule has 1 atom stereocenters. The zero-order valence-corrected chi connectivity index (χ0v) is 19.3. The van der Waals surface area contributed by atoms with E-state index in [4.69, 9.17) is 5.73 Å². The maximum Gasteiger partial charge on any atom is 0.343 e. The van der Waals surface area contributed by atoms with Crippen LogP contribution in [0.3, 0.4) is 0 Å². The van der Waals surface area contributed by atoms with Gasteiger partial charge in [-0.2, -0.15) is 5.10 Å². The number of thiophene rings is 1. The van der Waals surface area contributed by atoms with Crippen molar-refractivity contribution in [2.75, 3.05) is 20.6 Å². The van der Waals surface area contributed by atoms with E-state index in [0.717, 1.165) is 19.6 Å². The number of aromatic nitrogens is 3. The molecular weight excluding hydrogens is 465 g/mol. The second-order valence-corrected chi connectivity index (χ2v) is 10.0. The molecule has 2 heterocycles. The first-order valence-electron chi connectivity index (χ1n) is 9.00. The van der Waals surface area contributed by atoms with Gasteiger partial charge in [-0.1, -0.05) is 12.1 Å². The van der Waals surface area contributed by atoms with E-state index in [-0.39, 0.29) is 30.3 Å². The van der Waals surface area contributed by atoms with Crippen molar-refractivity contribution in [2.24, 2.45) is 5.73 Å². The lowest BCUT2D eigenvalue weighted by Gasteiger charge is -2.16. The Kier molecular flexibility index (Phi) is 8.32. The Morgan fingerprint density at radius 3 is 2.48 bits per heavy atom. The zero-order chi connectivity index (χ0) is 21.9. The van der Waals surface area contributed by atoms with E-state index >= 15 is 0 Å². The fourth-order valence-corrected chi connectivity index (χ4v) is 4.94. The average molecular weight is 488 g/mol. The molecule has 0 aliphatic heterocycles. The number of nitrogens with one attached hydrogen (secondary N) is 1. The molecule has 1 aromatic carbocycles. The van der Waals surface area contributed by atoms with Gasteiger partial charge in [-0.25, -0.2) is 27.0 Å². The molecule has 0 bridgehead atoms. The van der Waals surface area contributed by atoms with Crippen LogP contribution in [0.25, 0.3) is 10.4 Å². The Morgan fingerprint density at radius 2 is 1.97 bits per heavy atom. The number of H-pyrrole nitrogens is 1. The number of rotatable bonds is 8. The van der Waals surface area contributed by atoms with Crippen molar-refractivity contribution in [1.82, 2.24) is 19.1 Å². The summed E-state index contributed by atoms with van der Waals surface area (Å²) in [7, 11) is -0.542. The number of sulfonamides is 1. The van der Waals surface area contributed by atoms with Gasteiger partial charge in [-0.05, 0) is 41.8 Å². The lowest BCUT2D eigenvalue weighted by atomic mass is 10.1. The highest BCUT2D eigenvalue weighted by atomic mass is 35.5. The number of nitrogens with zero attached hydrogens (tertiary/aromatic N) is 3. The molecule has 0 radical (unpaired) electrons. The van der Waals surface area contributed by atoms with Gasteiger partial charge < -0.3 is 5.73 Å². The first-order valence-corrected chi connectivity index (χ1v) is 11.3. The molecule has 168 valence electrons. The van der Waals surface area contributed by atoms with Gasteiger partial charge in [-0.15, -0.1) is 23.7 Å². The minimum absolute atomic E-state index is 0. The molecule has 3 rings (SSSR count). The molecule has 3 N–H and O–H groups in total. The molecule has 2 aromatic heterocycles. The van der Waals surface area contributed by atoms with E-state index in [9.17, 15) is 17.6 Å². The standard InChI is InChI=1S/C19H22FN5O3S2.ClH/c1-24(2)30(27,28)15-5-3-14(4-6-15)17-7-8-18(29-17)16(9-13(10-20)11-21)25-12-22-23-19(25)26;/h3-8,10,12,16H,9,11,21H2,1-2H3,(H,23,26);1H/b13-10+;. The number of hydrogen-bond donors (Lipinski definition) is 2. The van der Waals surface area contributed by atoms with Crippen LogP contribution in [0.2, 0.25) is 0 Å². The largest absolute Gasteiger partial charge is 0.343 e. The van der Waals surface area contributed by atoms with E-state index in [1.54, 1.807) is 24.3 Å². The molecule has 0 fully saturated rings. The molecule has 1 unspecified atom stereocenters. The van der Waals surface area contributed by atoms with E-state index < -0.39 is 21.8 Å². The molecule has 12 heteroatoms. The van der Waals surface area contributed by atoms with Crippen LogP contribution in [-0.2, 0) is 10.0 Å². The minimum Gasteiger partial charge on any atom is -0.327 e. The monoisotopic (exact) mass is 487 g/mol. The summed E-state index contributed by atoms with van der Waals surface area (Å²) in [5.41, 5.74) is 6.41. The Morgan fingerprint density at radius 1 is 1.29 bits per heavy atom. The van der Waals surface area contributed by atoms with Crippen LogP contribution < -0.4 is 11.4 Å². The third kappa shape index (κ3) is 5.31. The lowest BCUT2D eigenvalue weighted by molar-refractivity contribution is 0.521. The van der Waals surface area contributed by atoms with Crippen molar-refractivity contribution in [2.45, 2.75) is 17.4 Å². The summed E-state index contributed by atoms with van der Waals surface area (Å²) in [5, 5.41) is 6.12. The summed E-state index contributed by atoms with van der Waals surface area (Å²) in [6.07, 6.45) is 2.07. The highest BCUT2D eigenvalue weighted by Crippen LogP contribution is 2.35. The van der Waals surface area contributed by atoms with Crippen LogP contribution in [0.5, 0.6) is 0 Å². The Hall–Kier alpha value is -2.31. The third-order valence-electron chi connectivity index (χ3n) is 4.66. The first-order chi connectivity index (χ1) is 14.3. The van der Waals surface area contributed by atoms with Gasteiger partial charge in [0.1, 0.15) is 6.33 Å². The summed E-state index contributed by atoms with van der Waals surface area (Å²) in [4.78, 5) is 14.0. The van der Waals surface area contributed by atoms with Crippen molar-refractivity contribution in [3.05, 3.63) is 70.0 Å². The summed E-state index contributed by atoms with van der Waals surface area (Å²) in [6.45, 7) is 0.0413. The summed E-state index contributed by atoms with van der Waals surface area (Å²) in [5.74, 6) is 0. The predicted octanol–water partition coefficient (Wildman–Crippen LogP) is 2.76. The molecule has 3 aromatic rings. The molecular formula is C19H23ClFN5O3S2. The van der Waals surface area contributed by atoms with Crippen LogP contribution >= 0.6 is 23.7 Å². The molecule has 0 aliphatic carbocycles. The number of halogens is 2. The lowest BCUT2D eigenvalue weighted by Crippen LogP contribution is -2.23. The Balaban J connectivity index is 0.00000341. The van der Waals surface area contributed by atoms with Crippen LogP contribution in [0.4, 0.5) is 4.39 Å². The van der Waals surface area contributed by atoms with Crippen molar-refractivity contribution in [3.63, 3.8) is 0 Å². The van der Waals surface area contributed by atoms with Gasteiger partial charge in [0.15, 0.2) is 0 Å². The maximum atomic E-state index is 13.1. The number of nitrogens with two attached hydrogens (primary N) is 1. The van der Waals surface area contributed by atoms with E-state index in [1.165, 1.54) is 36.3 Å². The van der Waals surface area contributed by atoms with E-state index in [1.807, 2.05) is 12.1 Å². The SMILES string of the molecule is CN(C)S(=O)(=O)c1ccc(-c2ccc(C(C/C(=C\F)CN)n3cn[nH]c3=O)s2)cc1.Cl. The fraction of sp³-hybridized carbons (Fsp3) is 0.263. The third-order valence-corrected chi connectivity index (χ3v) is 7.72. The van der Waals surface area contributed by atoms with Gasteiger partial charge in [0.25, 0.3) is 0 Å². The molecule has 8 nitrogen and oxygen atoms in total. The second-order valence-electron chi connectivity index (χ2n) is 6.77. The predicted molar refractivity (Wildman–Crippen MR) is 122 cm³/mol. The molecule has 31 heavy (non-hydrogen) atoms. The van der Waals surface area contributed by atoms with E-state index in [0.29, 0.717) is 11.9 Å². The maximum absolute atomic E-state index is 13.1. The summed E-state index contributed by atoms with van der Waals surface area (Å²) >= 11 is 1.43. The first kappa shape index (κ1) is 25.0. The highest BCUT2D eigenvalue weighted by molar-refractivity contribution is 7.89. The van der Waals surface area contributed by atoms with Crippen LogP contribution in [0.15, 0.2) is 64.3 Å². The number of aromatic amines is 1. The minimum atomic E-state index is -3.50. The van der Waals surface area contributed by atoms with Crippen LogP contribution in [-0.4, -0.2) is 48.1 Å². The Labute approximate surface area is 189 Å². The Bertz CT molecular complexity index is 1200. The van der Waals surface area contributed by atoms with Gasteiger partial charge in [0, 0.05) is 30.4 Å². The van der Waals surface area contributed by atoms with Crippen molar-refractivity contribution in [1.29, 1.82) is 0 Å². The zero-order valence-electron chi connectivity index (χ0n) is 16.9. The smallest absolute Gasteiger partial charge is 0.327 e. The summed E-state index contributed by atoms with van der Waals surface area (Å²) in [6, 6.07) is 9.86. The highest BCUT2D eigenvalue weighted by Gasteiger charge is 2.21.